The summed E-state index contributed by atoms with van der Waals surface area (Å²) in [5.41, 5.74) is 2.48. The maximum atomic E-state index is 13.9. The second kappa shape index (κ2) is 6.59. The molecule has 0 unspecified atom stereocenters. The molecule has 0 radical (unpaired) electrons. The molecule has 0 spiro atoms. The smallest absolute Gasteiger partial charge is 0.338 e. The monoisotopic (exact) mass is 355 g/mol. The SMILES string of the molecule is Cc1nc2cc(C)c(CN(C)c3ccc(C(=O)O)c(F)c3)cc2c(=O)[nH]1. The summed E-state index contributed by atoms with van der Waals surface area (Å²) in [7, 11) is 1.77. The molecule has 3 aromatic rings. The van der Waals surface area contributed by atoms with Crippen molar-refractivity contribution in [1.29, 1.82) is 0 Å². The fourth-order valence-corrected chi connectivity index (χ4v) is 2.88. The van der Waals surface area contributed by atoms with Crippen LogP contribution in [0, 0.1) is 19.7 Å². The number of carboxylic acid groups (broad SMARTS) is 1. The number of fused-ring (bicyclic) bond motifs is 1. The fourth-order valence-electron chi connectivity index (χ4n) is 2.88. The lowest BCUT2D eigenvalue weighted by atomic mass is 10.0. The van der Waals surface area contributed by atoms with Gasteiger partial charge in [-0.05, 0) is 55.3 Å². The zero-order valence-electron chi connectivity index (χ0n) is 14.6. The van der Waals surface area contributed by atoms with Gasteiger partial charge in [-0.1, -0.05) is 0 Å². The van der Waals surface area contributed by atoms with E-state index in [0.29, 0.717) is 29.0 Å². The Morgan fingerprint density at radius 1 is 1.27 bits per heavy atom. The maximum absolute atomic E-state index is 13.9. The number of hydrogen-bond acceptors (Lipinski definition) is 4. The minimum Gasteiger partial charge on any atom is -0.478 e. The molecule has 0 aliphatic heterocycles. The second-order valence-electron chi connectivity index (χ2n) is 6.27. The number of rotatable bonds is 4. The van der Waals surface area contributed by atoms with Gasteiger partial charge in [0.15, 0.2) is 0 Å². The van der Waals surface area contributed by atoms with Crippen molar-refractivity contribution in [2.75, 3.05) is 11.9 Å². The number of hydrogen-bond donors (Lipinski definition) is 2. The van der Waals surface area contributed by atoms with Crippen LogP contribution in [0.4, 0.5) is 10.1 Å². The molecule has 6 nitrogen and oxygen atoms in total. The van der Waals surface area contributed by atoms with Crippen LogP contribution in [-0.4, -0.2) is 28.1 Å². The lowest BCUT2D eigenvalue weighted by Crippen LogP contribution is -2.18. The van der Waals surface area contributed by atoms with Crippen molar-refractivity contribution >= 4 is 22.6 Å². The summed E-state index contributed by atoms with van der Waals surface area (Å²) in [6.07, 6.45) is 0. The molecule has 0 aliphatic rings. The largest absolute Gasteiger partial charge is 0.478 e. The number of H-pyrrole nitrogens is 1. The third-order valence-corrected chi connectivity index (χ3v) is 4.31. The van der Waals surface area contributed by atoms with Gasteiger partial charge in [-0.2, -0.15) is 0 Å². The van der Waals surface area contributed by atoms with Crippen molar-refractivity contribution in [3.05, 3.63) is 69.0 Å². The van der Waals surface area contributed by atoms with Crippen LogP contribution in [0.5, 0.6) is 0 Å². The first kappa shape index (κ1) is 17.6. The first-order chi connectivity index (χ1) is 12.3. The number of aromatic carboxylic acids is 1. The Morgan fingerprint density at radius 2 is 2.00 bits per heavy atom. The lowest BCUT2D eigenvalue weighted by molar-refractivity contribution is 0.0692. The van der Waals surface area contributed by atoms with Gasteiger partial charge in [-0.3, -0.25) is 4.79 Å². The zero-order valence-corrected chi connectivity index (χ0v) is 14.6. The second-order valence-corrected chi connectivity index (χ2v) is 6.27. The minimum absolute atomic E-state index is 0.201. The molecule has 2 N–H and O–H groups in total. The summed E-state index contributed by atoms with van der Waals surface area (Å²) in [5, 5.41) is 9.42. The molecular formula is C19H18FN3O3. The van der Waals surface area contributed by atoms with Crippen molar-refractivity contribution in [1.82, 2.24) is 9.97 Å². The van der Waals surface area contributed by atoms with E-state index in [9.17, 15) is 14.0 Å². The van der Waals surface area contributed by atoms with Crippen LogP contribution in [0.15, 0.2) is 35.1 Å². The Kier molecular flexibility index (Phi) is 4.46. The van der Waals surface area contributed by atoms with Gasteiger partial charge in [0.2, 0.25) is 0 Å². The summed E-state index contributed by atoms with van der Waals surface area (Å²) in [5.74, 6) is -1.53. The highest BCUT2D eigenvalue weighted by molar-refractivity contribution is 5.88. The molecule has 0 atom stereocenters. The molecule has 0 amide bonds. The topological polar surface area (TPSA) is 86.3 Å². The number of halogens is 1. The number of benzene rings is 2. The van der Waals surface area contributed by atoms with E-state index in [1.54, 1.807) is 31.0 Å². The van der Waals surface area contributed by atoms with E-state index < -0.39 is 11.8 Å². The summed E-state index contributed by atoms with van der Waals surface area (Å²) >= 11 is 0. The Balaban J connectivity index is 1.95. The van der Waals surface area contributed by atoms with Crippen LogP contribution in [0.1, 0.15) is 27.3 Å². The van der Waals surface area contributed by atoms with Crippen molar-refractivity contribution < 1.29 is 14.3 Å². The third kappa shape index (κ3) is 3.28. The number of anilines is 1. The van der Waals surface area contributed by atoms with Crippen LogP contribution in [0.3, 0.4) is 0 Å². The number of carboxylic acids is 1. The summed E-state index contributed by atoms with van der Waals surface area (Å²) < 4.78 is 13.9. The van der Waals surface area contributed by atoms with E-state index in [2.05, 4.69) is 9.97 Å². The van der Waals surface area contributed by atoms with Crippen LogP contribution in [-0.2, 0) is 6.54 Å². The Hall–Kier alpha value is -3.22. The van der Waals surface area contributed by atoms with Crippen molar-refractivity contribution in [2.45, 2.75) is 20.4 Å². The molecule has 3 rings (SSSR count). The molecule has 2 aromatic carbocycles. The Labute approximate surface area is 148 Å². The molecule has 0 fully saturated rings. The van der Waals surface area contributed by atoms with Gasteiger partial charge in [0, 0.05) is 19.3 Å². The maximum Gasteiger partial charge on any atom is 0.338 e. The minimum atomic E-state index is -1.30. The van der Waals surface area contributed by atoms with Gasteiger partial charge in [-0.25, -0.2) is 14.2 Å². The van der Waals surface area contributed by atoms with E-state index in [0.717, 1.165) is 11.1 Å². The average Bonchev–Trinajstić information content (AvgIpc) is 2.55. The van der Waals surface area contributed by atoms with E-state index in [1.165, 1.54) is 12.1 Å². The van der Waals surface area contributed by atoms with E-state index in [4.69, 9.17) is 5.11 Å². The molecule has 0 aliphatic carbocycles. The highest BCUT2D eigenvalue weighted by Gasteiger charge is 2.13. The van der Waals surface area contributed by atoms with E-state index >= 15 is 0 Å². The standard InChI is InChI=1S/C19H18FN3O3/c1-10-6-17-15(18(24)22-11(2)21-17)7-12(10)9-23(3)13-4-5-14(19(25)26)16(20)8-13/h4-8H,9H2,1-3H3,(H,25,26)(H,21,22,24). The van der Waals surface area contributed by atoms with Gasteiger partial charge in [0.05, 0.1) is 16.5 Å². The molecule has 26 heavy (non-hydrogen) atoms. The predicted octanol–water partition coefficient (Wildman–Crippen LogP) is 3.01. The van der Waals surface area contributed by atoms with Gasteiger partial charge in [0.1, 0.15) is 11.6 Å². The number of aryl methyl sites for hydroxylation is 2. The quantitative estimate of drug-likeness (QED) is 0.751. The van der Waals surface area contributed by atoms with Gasteiger partial charge >= 0.3 is 5.97 Å². The van der Waals surface area contributed by atoms with E-state index in [1.807, 2.05) is 13.0 Å². The molecule has 0 saturated carbocycles. The number of nitrogens with zero attached hydrogens (tertiary/aromatic N) is 2. The zero-order chi connectivity index (χ0) is 19.0. The fraction of sp³-hybridized carbons (Fsp3) is 0.211. The van der Waals surface area contributed by atoms with Crippen molar-refractivity contribution in [3.63, 3.8) is 0 Å². The number of carbonyl (C=O) groups is 1. The normalized spacial score (nSPS) is 10.9. The highest BCUT2D eigenvalue weighted by atomic mass is 19.1. The van der Waals surface area contributed by atoms with E-state index in [-0.39, 0.29) is 11.1 Å². The average molecular weight is 355 g/mol. The van der Waals surface area contributed by atoms with Gasteiger partial charge in [0.25, 0.3) is 5.56 Å². The highest BCUT2D eigenvalue weighted by Crippen LogP contribution is 2.22. The van der Waals surface area contributed by atoms with Crippen molar-refractivity contribution in [3.8, 4) is 0 Å². The molecule has 1 aromatic heterocycles. The molecule has 134 valence electrons. The molecule has 7 heteroatoms. The molecule has 0 saturated heterocycles. The summed E-state index contributed by atoms with van der Waals surface area (Å²) in [6, 6.07) is 7.63. The Bertz CT molecular complexity index is 1080. The van der Waals surface area contributed by atoms with Gasteiger partial charge < -0.3 is 15.0 Å². The van der Waals surface area contributed by atoms with Crippen LogP contribution in [0.25, 0.3) is 10.9 Å². The first-order valence-corrected chi connectivity index (χ1v) is 8.00. The van der Waals surface area contributed by atoms with Gasteiger partial charge in [-0.15, -0.1) is 0 Å². The predicted molar refractivity (Wildman–Crippen MR) is 97.3 cm³/mol. The number of aromatic amines is 1. The number of aromatic nitrogens is 2. The number of nitrogens with one attached hydrogen (secondary N) is 1. The van der Waals surface area contributed by atoms with Crippen LogP contribution < -0.4 is 10.5 Å². The van der Waals surface area contributed by atoms with Crippen LogP contribution in [0.2, 0.25) is 0 Å². The first-order valence-electron chi connectivity index (χ1n) is 8.00. The lowest BCUT2D eigenvalue weighted by Gasteiger charge is -2.21. The molecule has 1 heterocycles. The Morgan fingerprint density at radius 3 is 2.65 bits per heavy atom. The summed E-state index contributed by atoms with van der Waals surface area (Å²) in [6.45, 7) is 4.09. The van der Waals surface area contributed by atoms with Crippen LogP contribution >= 0.6 is 0 Å². The third-order valence-electron chi connectivity index (χ3n) is 4.31. The summed E-state index contributed by atoms with van der Waals surface area (Å²) in [4.78, 5) is 31.9. The van der Waals surface area contributed by atoms with Crippen molar-refractivity contribution in [2.24, 2.45) is 0 Å². The molecular weight excluding hydrogens is 337 g/mol. The molecule has 0 bridgehead atoms.